The van der Waals surface area contributed by atoms with Gasteiger partial charge in [0.25, 0.3) is 0 Å². The third-order valence-electron chi connectivity index (χ3n) is 3.16. The first kappa shape index (κ1) is 15.2. The molecular weight excluding hydrogens is 244 g/mol. The summed E-state index contributed by atoms with van der Waals surface area (Å²) in [6.45, 7) is 4.39. The fourth-order valence-electron chi connectivity index (χ4n) is 2.10. The quantitative estimate of drug-likeness (QED) is 0.646. The van der Waals surface area contributed by atoms with E-state index in [2.05, 4.69) is 13.8 Å². The van der Waals surface area contributed by atoms with Gasteiger partial charge in [-0.2, -0.15) is 0 Å². The van der Waals surface area contributed by atoms with Crippen molar-refractivity contribution in [2.24, 2.45) is 0 Å². The molecule has 0 amide bonds. The van der Waals surface area contributed by atoms with Crippen LogP contribution < -0.4 is 0 Å². The standard InChI is InChI=1S/C15H24O2S/c1-3-5-7-9-12-11-14(15(16)17)18-13(12)10-8-6-4-2/h11H,3-10H2,1-2H3,(H,16,17). The van der Waals surface area contributed by atoms with Gasteiger partial charge in [-0.05, 0) is 37.3 Å². The van der Waals surface area contributed by atoms with E-state index in [4.69, 9.17) is 5.11 Å². The lowest BCUT2D eigenvalue weighted by Crippen LogP contribution is -1.91. The summed E-state index contributed by atoms with van der Waals surface area (Å²) in [6, 6.07) is 1.89. The van der Waals surface area contributed by atoms with Gasteiger partial charge in [-0.1, -0.05) is 39.5 Å². The summed E-state index contributed by atoms with van der Waals surface area (Å²) < 4.78 is 0. The molecule has 2 nitrogen and oxygen atoms in total. The van der Waals surface area contributed by atoms with Crippen LogP contribution in [0.2, 0.25) is 0 Å². The summed E-state index contributed by atoms with van der Waals surface area (Å²) in [5.74, 6) is -0.779. The number of carboxylic acid groups (broad SMARTS) is 1. The molecule has 0 aliphatic heterocycles. The van der Waals surface area contributed by atoms with Crippen LogP contribution in [0.15, 0.2) is 6.07 Å². The third kappa shape index (κ3) is 4.81. The number of aromatic carboxylic acids is 1. The first-order valence-electron chi connectivity index (χ1n) is 7.03. The fraction of sp³-hybridized carbons (Fsp3) is 0.667. The van der Waals surface area contributed by atoms with Crippen molar-refractivity contribution in [2.75, 3.05) is 0 Å². The number of thiophene rings is 1. The van der Waals surface area contributed by atoms with Crippen molar-refractivity contribution in [1.82, 2.24) is 0 Å². The molecule has 0 saturated heterocycles. The van der Waals surface area contributed by atoms with E-state index in [0.717, 1.165) is 12.8 Å². The normalized spacial score (nSPS) is 10.8. The van der Waals surface area contributed by atoms with Crippen LogP contribution >= 0.6 is 11.3 Å². The highest BCUT2D eigenvalue weighted by atomic mass is 32.1. The Balaban J connectivity index is 2.67. The number of hydrogen-bond acceptors (Lipinski definition) is 2. The Morgan fingerprint density at radius 2 is 1.72 bits per heavy atom. The molecule has 0 atom stereocenters. The molecule has 0 fully saturated rings. The third-order valence-corrected chi connectivity index (χ3v) is 4.39. The second kappa shape index (κ2) is 8.30. The minimum absolute atomic E-state index is 0.507. The highest BCUT2D eigenvalue weighted by Gasteiger charge is 2.13. The number of unbranched alkanes of at least 4 members (excludes halogenated alkanes) is 4. The fourth-order valence-corrected chi connectivity index (χ4v) is 3.19. The molecule has 1 heterocycles. The van der Waals surface area contributed by atoms with E-state index >= 15 is 0 Å². The number of rotatable bonds is 9. The summed E-state index contributed by atoms with van der Waals surface area (Å²) in [4.78, 5) is 12.8. The highest BCUT2D eigenvalue weighted by Crippen LogP contribution is 2.26. The van der Waals surface area contributed by atoms with Crippen LogP contribution in [0.1, 0.15) is 72.5 Å². The molecule has 0 saturated carbocycles. The van der Waals surface area contributed by atoms with Gasteiger partial charge in [0.1, 0.15) is 4.88 Å². The van der Waals surface area contributed by atoms with E-state index in [0.29, 0.717) is 4.88 Å². The monoisotopic (exact) mass is 268 g/mol. The maximum atomic E-state index is 11.0. The summed E-state index contributed by atoms with van der Waals surface area (Å²) in [5.41, 5.74) is 1.28. The molecule has 0 radical (unpaired) electrons. The predicted molar refractivity (Wildman–Crippen MR) is 77.7 cm³/mol. The molecule has 0 bridgehead atoms. The largest absolute Gasteiger partial charge is 0.477 e. The maximum absolute atomic E-state index is 11.0. The molecule has 0 aliphatic carbocycles. The van der Waals surface area contributed by atoms with Crippen molar-refractivity contribution < 1.29 is 9.90 Å². The number of hydrogen-bond donors (Lipinski definition) is 1. The van der Waals surface area contributed by atoms with Crippen LogP contribution in [-0.4, -0.2) is 11.1 Å². The van der Waals surface area contributed by atoms with Gasteiger partial charge >= 0.3 is 5.97 Å². The Hall–Kier alpha value is -0.830. The van der Waals surface area contributed by atoms with Crippen LogP contribution in [0.3, 0.4) is 0 Å². The first-order chi connectivity index (χ1) is 8.69. The zero-order valence-corrected chi connectivity index (χ0v) is 12.3. The maximum Gasteiger partial charge on any atom is 0.345 e. The smallest absolute Gasteiger partial charge is 0.345 e. The van der Waals surface area contributed by atoms with Gasteiger partial charge in [0.2, 0.25) is 0 Å². The molecule has 1 rings (SSSR count). The molecule has 102 valence electrons. The van der Waals surface area contributed by atoms with Gasteiger partial charge in [-0.3, -0.25) is 0 Å². The molecule has 1 aromatic rings. The topological polar surface area (TPSA) is 37.3 Å². The van der Waals surface area contributed by atoms with Gasteiger partial charge in [0.05, 0.1) is 0 Å². The van der Waals surface area contributed by atoms with Crippen molar-refractivity contribution in [3.63, 3.8) is 0 Å². The summed E-state index contributed by atoms with van der Waals surface area (Å²) in [5, 5.41) is 9.08. The van der Waals surface area contributed by atoms with E-state index < -0.39 is 5.97 Å². The van der Waals surface area contributed by atoms with Crippen LogP contribution in [0, 0.1) is 0 Å². The average Bonchev–Trinajstić information content (AvgIpc) is 2.74. The van der Waals surface area contributed by atoms with E-state index in [1.54, 1.807) is 0 Å². The Morgan fingerprint density at radius 3 is 2.28 bits per heavy atom. The molecule has 1 aromatic heterocycles. The second-order valence-corrected chi connectivity index (χ2v) is 5.92. The molecule has 0 spiro atoms. The first-order valence-corrected chi connectivity index (χ1v) is 7.85. The molecular formula is C15H24O2S. The Morgan fingerprint density at radius 1 is 1.11 bits per heavy atom. The van der Waals surface area contributed by atoms with Crippen molar-refractivity contribution in [3.05, 3.63) is 21.4 Å². The van der Waals surface area contributed by atoms with Crippen LogP contribution in [0.5, 0.6) is 0 Å². The van der Waals surface area contributed by atoms with Gasteiger partial charge in [0, 0.05) is 4.88 Å². The van der Waals surface area contributed by atoms with E-state index in [-0.39, 0.29) is 0 Å². The number of aryl methyl sites for hydroxylation is 2. The molecule has 3 heteroatoms. The molecule has 0 aliphatic rings. The van der Waals surface area contributed by atoms with Crippen molar-refractivity contribution in [1.29, 1.82) is 0 Å². The SMILES string of the molecule is CCCCCc1cc(C(=O)O)sc1CCCCC. The second-order valence-electron chi connectivity index (χ2n) is 4.78. The van der Waals surface area contributed by atoms with Crippen molar-refractivity contribution in [3.8, 4) is 0 Å². The van der Waals surface area contributed by atoms with Crippen LogP contribution in [-0.2, 0) is 12.8 Å². The van der Waals surface area contributed by atoms with Gasteiger partial charge < -0.3 is 5.11 Å². The summed E-state index contributed by atoms with van der Waals surface area (Å²) in [6.07, 6.45) is 9.32. The lowest BCUT2D eigenvalue weighted by molar-refractivity contribution is 0.0702. The van der Waals surface area contributed by atoms with E-state index in [1.807, 2.05) is 6.07 Å². The van der Waals surface area contributed by atoms with Crippen LogP contribution in [0.4, 0.5) is 0 Å². The Bertz CT molecular complexity index is 341. The average molecular weight is 268 g/mol. The summed E-state index contributed by atoms with van der Waals surface area (Å²) in [7, 11) is 0. The lowest BCUT2D eigenvalue weighted by atomic mass is 10.0. The minimum atomic E-state index is -0.779. The molecule has 0 unspecified atom stereocenters. The minimum Gasteiger partial charge on any atom is -0.477 e. The molecule has 1 N–H and O–H groups in total. The van der Waals surface area contributed by atoms with E-state index in [1.165, 1.54) is 60.3 Å². The van der Waals surface area contributed by atoms with E-state index in [9.17, 15) is 4.79 Å². The zero-order valence-electron chi connectivity index (χ0n) is 11.5. The predicted octanol–water partition coefficient (Wildman–Crippen LogP) is 4.91. The Kier molecular flexibility index (Phi) is 7.02. The van der Waals surface area contributed by atoms with Crippen molar-refractivity contribution in [2.45, 2.75) is 65.2 Å². The molecule has 0 aromatic carbocycles. The molecule has 18 heavy (non-hydrogen) atoms. The van der Waals surface area contributed by atoms with Gasteiger partial charge in [0.15, 0.2) is 0 Å². The number of carboxylic acids is 1. The number of carbonyl (C=O) groups is 1. The zero-order chi connectivity index (χ0) is 13.4. The van der Waals surface area contributed by atoms with Gasteiger partial charge in [-0.25, -0.2) is 4.79 Å². The Labute approximate surface area is 114 Å². The highest BCUT2D eigenvalue weighted by molar-refractivity contribution is 7.14. The van der Waals surface area contributed by atoms with Crippen molar-refractivity contribution >= 4 is 17.3 Å². The lowest BCUT2D eigenvalue weighted by Gasteiger charge is -2.03. The van der Waals surface area contributed by atoms with Gasteiger partial charge in [-0.15, -0.1) is 11.3 Å². The summed E-state index contributed by atoms with van der Waals surface area (Å²) >= 11 is 1.48. The van der Waals surface area contributed by atoms with Crippen LogP contribution in [0.25, 0.3) is 0 Å².